The highest BCUT2D eigenvalue weighted by Gasteiger charge is 2.33. The molecule has 2 atom stereocenters. The first-order valence-corrected chi connectivity index (χ1v) is 7.91. The van der Waals surface area contributed by atoms with Gasteiger partial charge in [0.15, 0.2) is 0 Å². The zero-order valence-electron chi connectivity index (χ0n) is 13.0. The van der Waals surface area contributed by atoms with Gasteiger partial charge < -0.3 is 9.80 Å². The molecule has 2 heterocycles. The van der Waals surface area contributed by atoms with Gasteiger partial charge >= 0.3 is 0 Å². The number of likely N-dealkylation sites (tertiary alicyclic amines) is 1. The molecule has 2 saturated heterocycles. The summed E-state index contributed by atoms with van der Waals surface area (Å²) in [6.07, 6.45) is 2.52. The number of nitrogens with zero attached hydrogens (tertiary/aromatic N) is 2. The van der Waals surface area contributed by atoms with Gasteiger partial charge in [0.25, 0.3) is 0 Å². The summed E-state index contributed by atoms with van der Waals surface area (Å²) in [6, 6.07) is 8.46. The van der Waals surface area contributed by atoms with E-state index in [0.29, 0.717) is 12.5 Å². The Morgan fingerprint density at radius 1 is 1.38 bits per heavy atom. The van der Waals surface area contributed by atoms with Crippen molar-refractivity contribution in [1.29, 1.82) is 0 Å². The summed E-state index contributed by atoms with van der Waals surface area (Å²) >= 11 is 0. The number of piperidine rings is 1. The van der Waals surface area contributed by atoms with Crippen LogP contribution in [-0.2, 0) is 4.79 Å². The molecule has 2 aliphatic rings. The van der Waals surface area contributed by atoms with E-state index >= 15 is 0 Å². The molecule has 0 aromatic heterocycles. The van der Waals surface area contributed by atoms with Crippen LogP contribution in [0.2, 0.25) is 0 Å². The van der Waals surface area contributed by atoms with Gasteiger partial charge in [0, 0.05) is 13.1 Å². The molecule has 1 aromatic carbocycles. The summed E-state index contributed by atoms with van der Waals surface area (Å²) in [5.41, 5.74) is 2.44. The predicted molar refractivity (Wildman–Crippen MR) is 83.9 cm³/mol. The van der Waals surface area contributed by atoms with Crippen LogP contribution >= 0.6 is 0 Å². The molecule has 0 spiro atoms. The fourth-order valence-electron chi connectivity index (χ4n) is 3.59. The van der Waals surface area contributed by atoms with Crippen molar-refractivity contribution in [3.8, 4) is 0 Å². The molecule has 21 heavy (non-hydrogen) atoms. The summed E-state index contributed by atoms with van der Waals surface area (Å²) in [5, 5.41) is 3.36. The van der Waals surface area contributed by atoms with Crippen LogP contribution in [0.15, 0.2) is 24.3 Å². The van der Waals surface area contributed by atoms with Crippen LogP contribution in [0.25, 0.3) is 0 Å². The van der Waals surface area contributed by atoms with Gasteiger partial charge in [-0.15, -0.1) is 0 Å². The smallest absolute Gasteiger partial charge is 0.238 e. The van der Waals surface area contributed by atoms with Crippen molar-refractivity contribution in [3.05, 3.63) is 35.4 Å². The maximum absolute atomic E-state index is 12.2. The molecule has 3 rings (SSSR count). The van der Waals surface area contributed by atoms with E-state index in [-0.39, 0.29) is 12.1 Å². The molecule has 0 aliphatic carbocycles. The minimum atomic E-state index is 0.0460. The van der Waals surface area contributed by atoms with E-state index in [2.05, 4.69) is 48.5 Å². The van der Waals surface area contributed by atoms with Gasteiger partial charge in [-0.2, -0.15) is 0 Å². The number of nitrogens with one attached hydrogen (secondary N) is 1. The standard InChI is InChI=1S/C17H25N3O/c1-13-5-3-7-15(9-13)17-18-10-16(21)20(17)12-14-6-4-8-19(2)11-14/h3,5,7,9,14,17-18H,4,6,8,10-12H2,1-2H3. The first kappa shape index (κ1) is 14.5. The Morgan fingerprint density at radius 3 is 3.00 bits per heavy atom. The number of benzene rings is 1. The molecule has 0 saturated carbocycles. The van der Waals surface area contributed by atoms with Gasteiger partial charge in [0.2, 0.25) is 5.91 Å². The molecule has 1 amide bonds. The number of carbonyl (C=O) groups excluding carboxylic acids is 1. The second-order valence-electron chi connectivity index (χ2n) is 6.51. The molecule has 1 aromatic rings. The fraction of sp³-hybridized carbons (Fsp3) is 0.588. The van der Waals surface area contributed by atoms with Gasteiger partial charge in [-0.25, -0.2) is 0 Å². The van der Waals surface area contributed by atoms with Crippen molar-refractivity contribution < 1.29 is 4.79 Å². The van der Waals surface area contributed by atoms with Crippen molar-refractivity contribution >= 4 is 5.91 Å². The first-order chi connectivity index (χ1) is 10.1. The topological polar surface area (TPSA) is 35.6 Å². The van der Waals surface area contributed by atoms with Crippen molar-refractivity contribution in [1.82, 2.24) is 15.1 Å². The summed E-state index contributed by atoms with van der Waals surface area (Å²) in [4.78, 5) is 16.7. The highest BCUT2D eigenvalue weighted by molar-refractivity contribution is 5.81. The molecule has 4 heteroatoms. The van der Waals surface area contributed by atoms with Gasteiger partial charge in [-0.3, -0.25) is 10.1 Å². The number of amides is 1. The van der Waals surface area contributed by atoms with Crippen molar-refractivity contribution in [2.45, 2.75) is 25.9 Å². The quantitative estimate of drug-likeness (QED) is 0.920. The third kappa shape index (κ3) is 3.27. The highest BCUT2D eigenvalue weighted by atomic mass is 16.2. The largest absolute Gasteiger partial charge is 0.321 e. The van der Waals surface area contributed by atoms with E-state index in [1.807, 2.05) is 4.90 Å². The molecule has 1 N–H and O–H groups in total. The Hall–Kier alpha value is -1.39. The number of hydrogen-bond donors (Lipinski definition) is 1. The van der Waals surface area contributed by atoms with Crippen LogP contribution in [0.3, 0.4) is 0 Å². The van der Waals surface area contributed by atoms with E-state index in [4.69, 9.17) is 0 Å². The lowest BCUT2D eigenvalue weighted by Crippen LogP contribution is -2.41. The molecular formula is C17H25N3O. The fourth-order valence-corrected chi connectivity index (χ4v) is 3.59. The Balaban J connectivity index is 1.73. The van der Waals surface area contributed by atoms with Crippen LogP contribution in [0.1, 0.15) is 30.1 Å². The average molecular weight is 287 g/mol. The average Bonchev–Trinajstić information content (AvgIpc) is 2.80. The lowest BCUT2D eigenvalue weighted by atomic mass is 9.97. The lowest BCUT2D eigenvalue weighted by molar-refractivity contribution is -0.128. The van der Waals surface area contributed by atoms with E-state index < -0.39 is 0 Å². The Bertz CT molecular complexity index is 517. The molecule has 2 aliphatic heterocycles. The maximum Gasteiger partial charge on any atom is 0.238 e. The molecule has 2 unspecified atom stereocenters. The second-order valence-corrected chi connectivity index (χ2v) is 6.51. The number of carbonyl (C=O) groups is 1. The second kappa shape index (κ2) is 6.16. The Morgan fingerprint density at radius 2 is 2.24 bits per heavy atom. The SMILES string of the molecule is Cc1cccc(C2NCC(=O)N2CC2CCCN(C)C2)c1. The maximum atomic E-state index is 12.2. The van der Waals surface area contributed by atoms with Gasteiger partial charge in [0.05, 0.1) is 6.54 Å². The molecule has 4 nitrogen and oxygen atoms in total. The van der Waals surface area contributed by atoms with Crippen LogP contribution in [0.5, 0.6) is 0 Å². The molecular weight excluding hydrogens is 262 g/mol. The zero-order valence-corrected chi connectivity index (χ0v) is 13.0. The van der Waals surface area contributed by atoms with E-state index in [1.54, 1.807) is 0 Å². The molecule has 114 valence electrons. The van der Waals surface area contributed by atoms with Crippen molar-refractivity contribution in [3.63, 3.8) is 0 Å². The highest BCUT2D eigenvalue weighted by Crippen LogP contribution is 2.26. The minimum Gasteiger partial charge on any atom is -0.321 e. The summed E-state index contributed by atoms with van der Waals surface area (Å²) < 4.78 is 0. The zero-order chi connectivity index (χ0) is 14.8. The summed E-state index contributed by atoms with van der Waals surface area (Å²) in [7, 11) is 2.17. The third-order valence-corrected chi connectivity index (χ3v) is 4.61. The van der Waals surface area contributed by atoms with Crippen molar-refractivity contribution in [2.75, 3.05) is 33.2 Å². The summed E-state index contributed by atoms with van der Waals surface area (Å²) in [6.45, 7) is 5.71. The van der Waals surface area contributed by atoms with Crippen molar-refractivity contribution in [2.24, 2.45) is 5.92 Å². The first-order valence-electron chi connectivity index (χ1n) is 7.91. The van der Waals surface area contributed by atoms with Crippen LogP contribution < -0.4 is 5.32 Å². The summed E-state index contributed by atoms with van der Waals surface area (Å²) in [5.74, 6) is 0.828. The molecule has 0 bridgehead atoms. The van der Waals surface area contributed by atoms with Gasteiger partial charge in [0.1, 0.15) is 6.17 Å². The van der Waals surface area contributed by atoms with E-state index in [0.717, 1.165) is 13.1 Å². The van der Waals surface area contributed by atoms with Crippen LogP contribution in [0, 0.1) is 12.8 Å². The monoisotopic (exact) mass is 287 g/mol. The minimum absolute atomic E-state index is 0.0460. The normalized spacial score (nSPS) is 27.3. The van der Waals surface area contributed by atoms with Gasteiger partial charge in [-0.05, 0) is 44.8 Å². The van der Waals surface area contributed by atoms with E-state index in [9.17, 15) is 4.79 Å². The number of hydrogen-bond acceptors (Lipinski definition) is 3. The van der Waals surface area contributed by atoms with Crippen LogP contribution in [-0.4, -0.2) is 48.9 Å². The van der Waals surface area contributed by atoms with Gasteiger partial charge in [-0.1, -0.05) is 29.8 Å². The van der Waals surface area contributed by atoms with Crippen LogP contribution in [0.4, 0.5) is 0 Å². The lowest BCUT2D eigenvalue weighted by Gasteiger charge is -2.34. The van der Waals surface area contributed by atoms with E-state index in [1.165, 1.54) is 30.5 Å². The number of aryl methyl sites for hydroxylation is 1. The number of rotatable bonds is 3. The third-order valence-electron chi connectivity index (χ3n) is 4.61. The predicted octanol–water partition coefficient (Wildman–Crippen LogP) is 1.77. The molecule has 0 radical (unpaired) electrons. The Labute approximate surface area is 127 Å². The molecule has 2 fully saturated rings. The Kier molecular flexibility index (Phi) is 4.27.